The van der Waals surface area contributed by atoms with E-state index in [1.54, 1.807) is 0 Å². The largest absolute Gasteiger partial charge is 0.491 e. The molecule has 0 saturated carbocycles. The van der Waals surface area contributed by atoms with Gasteiger partial charge in [-0.15, -0.1) is 0 Å². The maximum absolute atomic E-state index is 12.5. The Kier molecular flexibility index (Phi) is 6.07. The van der Waals surface area contributed by atoms with Crippen molar-refractivity contribution in [3.8, 4) is 5.75 Å². The van der Waals surface area contributed by atoms with Gasteiger partial charge < -0.3 is 14.2 Å². The topological polar surface area (TPSA) is 47.4 Å². The Labute approximate surface area is 178 Å². The number of amides is 1. The van der Waals surface area contributed by atoms with Crippen molar-refractivity contribution in [3.05, 3.63) is 59.4 Å². The monoisotopic (exact) mass is 405 g/mol. The molecule has 1 aliphatic heterocycles. The van der Waals surface area contributed by atoms with Gasteiger partial charge in [0.15, 0.2) is 0 Å². The number of fused-ring (bicyclic) bond motifs is 1. The number of hydrogen-bond acceptors (Lipinski definition) is 3. The maximum atomic E-state index is 12.5. The molecular weight excluding hydrogens is 374 g/mol. The summed E-state index contributed by atoms with van der Waals surface area (Å²) in [7, 11) is 0. The summed E-state index contributed by atoms with van der Waals surface area (Å²) in [6, 6.07) is 14.5. The Morgan fingerprint density at radius 2 is 1.97 bits per heavy atom. The standard InChI is InChI=1S/C25H31N3O2/c1-4-5-12-27-17-20(16-24(27)29)25-26-21-8-6-7-9-22(21)28(25)13-14-30-23-15-18(2)10-11-19(23)3/h6-11,15,20H,4-5,12-14,16-17H2,1-3H3/t20-/m1/s1. The van der Waals surface area contributed by atoms with E-state index in [-0.39, 0.29) is 11.8 Å². The predicted molar refractivity (Wildman–Crippen MR) is 120 cm³/mol. The van der Waals surface area contributed by atoms with Gasteiger partial charge in [0, 0.05) is 25.4 Å². The van der Waals surface area contributed by atoms with Gasteiger partial charge in [-0.3, -0.25) is 4.79 Å². The highest BCUT2D eigenvalue weighted by molar-refractivity contribution is 5.80. The van der Waals surface area contributed by atoms with E-state index in [0.29, 0.717) is 19.6 Å². The number of para-hydroxylation sites is 2. The predicted octanol–water partition coefficient (Wildman–Crippen LogP) is 4.85. The van der Waals surface area contributed by atoms with Crippen LogP contribution in [-0.4, -0.2) is 40.1 Å². The van der Waals surface area contributed by atoms with Crippen molar-refractivity contribution in [3.63, 3.8) is 0 Å². The maximum Gasteiger partial charge on any atom is 0.223 e. The van der Waals surface area contributed by atoms with Crippen LogP contribution in [0.3, 0.4) is 0 Å². The normalized spacial score (nSPS) is 16.6. The molecule has 1 fully saturated rings. The number of carbonyl (C=O) groups excluding carboxylic acids is 1. The van der Waals surface area contributed by atoms with Gasteiger partial charge in [0.1, 0.15) is 18.2 Å². The Hall–Kier alpha value is -2.82. The highest BCUT2D eigenvalue weighted by Crippen LogP contribution is 2.30. The van der Waals surface area contributed by atoms with E-state index in [2.05, 4.69) is 49.6 Å². The van der Waals surface area contributed by atoms with Crippen molar-refractivity contribution in [2.75, 3.05) is 19.7 Å². The molecule has 4 rings (SSSR count). The lowest BCUT2D eigenvalue weighted by Gasteiger charge is -2.17. The van der Waals surface area contributed by atoms with Gasteiger partial charge in [-0.2, -0.15) is 0 Å². The number of nitrogens with zero attached hydrogens (tertiary/aromatic N) is 3. The Morgan fingerprint density at radius 1 is 1.13 bits per heavy atom. The van der Waals surface area contributed by atoms with E-state index < -0.39 is 0 Å². The fourth-order valence-electron chi connectivity index (χ4n) is 4.26. The van der Waals surface area contributed by atoms with Gasteiger partial charge in [-0.1, -0.05) is 37.6 Å². The number of aromatic nitrogens is 2. The zero-order valence-corrected chi connectivity index (χ0v) is 18.2. The molecule has 2 aromatic carbocycles. The minimum absolute atomic E-state index is 0.141. The summed E-state index contributed by atoms with van der Waals surface area (Å²) in [5.41, 5.74) is 4.43. The zero-order valence-electron chi connectivity index (χ0n) is 18.2. The van der Waals surface area contributed by atoms with Crippen LogP contribution in [0, 0.1) is 13.8 Å². The molecule has 2 heterocycles. The van der Waals surface area contributed by atoms with Crippen LogP contribution in [-0.2, 0) is 11.3 Å². The van der Waals surface area contributed by atoms with Crippen LogP contribution in [0.15, 0.2) is 42.5 Å². The number of likely N-dealkylation sites (tertiary alicyclic amines) is 1. The summed E-state index contributed by atoms with van der Waals surface area (Å²) in [4.78, 5) is 19.5. The molecule has 0 N–H and O–H groups in total. The lowest BCUT2D eigenvalue weighted by Crippen LogP contribution is -2.26. The van der Waals surface area contributed by atoms with Crippen molar-refractivity contribution in [1.82, 2.24) is 14.5 Å². The van der Waals surface area contributed by atoms with Crippen LogP contribution < -0.4 is 4.74 Å². The molecule has 1 saturated heterocycles. The van der Waals surface area contributed by atoms with E-state index in [9.17, 15) is 4.79 Å². The third kappa shape index (κ3) is 4.20. The van der Waals surface area contributed by atoms with Gasteiger partial charge >= 0.3 is 0 Å². The van der Waals surface area contributed by atoms with Crippen LogP contribution in [0.1, 0.15) is 49.1 Å². The van der Waals surface area contributed by atoms with E-state index >= 15 is 0 Å². The fraction of sp³-hybridized carbons (Fsp3) is 0.440. The van der Waals surface area contributed by atoms with Crippen LogP contribution in [0.25, 0.3) is 11.0 Å². The second-order valence-corrected chi connectivity index (χ2v) is 8.32. The Morgan fingerprint density at radius 3 is 2.80 bits per heavy atom. The molecule has 30 heavy (non-hydrogen) atoms. The lowest BCUT2D eigenvalue weighted by molar-refractivity contribution is -0.127. The second kappa shape index (κ2) is 8.90. The summed E-state index contributed by atoms with van der Waals surface area (Å²) in [6.45, 7) is 9.20. The molecule has 5 heteroatoms. The molecule has 1 aliphatic rings. The summed E-state index contributed by atoms with van der Waals surface area (Å²) < 4.78 is 8.38. The fourth-order valence-corrected chi connectivity index (χ4v) is 4.26. The third-order valence-electron chi connectivity index (χ3n) is 5.96. The molecule has 1 atom stereocenters. The molecule has 1 aromatic heterocycles. The second-order valence-electron chi connectivity index (χ2n) is 8.32. The summed E-state index contributed by atoms with van der Waals surface area (Å²) in [6.07, 6.45) is 2.70. The number of rotatable bonds is 8. The highest BCUT2D eigenvalue weighted by atomic mass is 16.5. The number of ether oxygens (including phenoxy) is 1. The Balaban J connectivity index is 1.55. The molecule has 0 radical (unpaired) electrons. The number of benzene rings is 2. The molecule has 0 spiro atoms. The molecular formula is C25H31N3O2. The molecule has 0 bridgehead atoms. The smallest absolute Gasteiger partial charge is 0.223 e. The zero-order chi connectivity index (χ0) is 21.1. The van der Waals surface area contributed by atoms with Crippen molar-refractivity contribution < 1.29 is 9.53 Å². The van der Waals surface area contributed by atoms with E-state index in [1.807, 2.05) is 23.1 Å². The molecule has 0 aliphatic carbocycles. The van der Waals surface area contributed by atoms with Crippen molar-refractivity contribution in [2.45, 2.75) is 52.5 Å². The van der Waals surface area contributed by atoms with Crippen LogP contribution in [0.4, 0.5) is 0 Å². The quantitative estimate of drug-likeness (QED) is 0.538. The van der Waals surface area contributed by atoms with Gasteiger partial charge in [0.25, 0.3) is 0 Å². The van der Waals surface area contributed by atoms with Crippen molar-refractivity contribution in [1.29, 1.82) is 0 Å². The number of imidazole rings is 1. The van der Waals surface area contributed by atoms with Gasteiger partial charge in [-0.05, 0) is 49.6 Å². The van der Waals surface area contributed by atoms with Crippen molar-refractivity contribution >= 4 is 16.9 Å². The number of aryl methyl sites for hydroxylation is 2. The summed E-state index contributed by atoms with van der Waals surface area (Å²) in [5, 5.41) is 0. The average molecular weight is 406 g/mol. The first-order chi connectivity index (χ1) is 14.6. The number of hydrogen-bond donors (Lipinski definition) is 0. The molecule has 3 aromatic rings. The van der Waals surface area contributed by atoms with Gasteiger partial charge in [0.2, 0.25) is 5.91 Å². The lowest BCUT2D eigenvalue weighted by atomic mass is 10.1. The van der Waals surface area contributed by atoms with Crippen LogP contribution in [0.5, 0.6) is 5.75 Å². The van der Waals surface area contributed by atoms with E-state index in [4.69, 9.17) is 9.72 Å². The number of carbonyl (C=O) groups is 1. The first-order valence-corrected chi connectivity index (χ1v) is 11.0. The first-order valence-electron chi connectivity index (χ1n) is 11.0. The molecule has 1 amide bonds. The molecule has 5 nitrogen and oxygen atoms in total. The van der Waals surface area contributed by atoms with E-state index in [1.165, 1.54) is 5.56 Å². The third-order valence-corrected chi connectivity index (χ3v) is 5.96. The molecule has 158 valence electrons. The van der Waals surface area contributed by atoms with Crippen LogP contribution >= 0.6 is 0 Å². The van der Waals surface area contributed by atoms with Crippen molar-refractivity contribution in [2.24, 2.45) is 0 Å². The van der Waals surface area contributed by atoms with Gasteiger partial charge in [0.05, 0.1) is 17.6 Å². The van der Waals surface area contributed by atoms with Crippen LogP contribution in [0.2, 0.25) is 0 Å². The summed E-state index contributed by atoms with van der Waals surface area (Å²) in [5.74, 6) is 2.33. The highest BCUT2D eigenvalue weighted by Gasteiger charge is 2.33. The minimum atomic E-state index is 0.141. The first kappa shape index (κ1) is 20.5. The minimum Gasteiger partial charge on any atom is -0.491 e. The SMILES string of the molecule is CCCCN1C[C@H](c2nc3ccccc3n2CCOc2cc(C)ccc2C)CC1=O. The summed E-state index contributed by atoms with van der Waals surface area (Å²) >= 11 is 0. The number of unbranched alkanes of at least 4 members (excludes halogenated alkanes) is 1. The molecule has 0 unspecified atom stereocenters. The Bertz CT molecular complexity index is 1040. The average Bonchev–Trinajstić information content (AvgIpc) is 3.29. The van der Waals surface area contributed by atoms with Gasteiger partial charge in [-0.25, -0.2) is 4.98 Å². The van der Waals surface area contributed by atoms with E-state index in [0.717, 1.165) is 54.1 Å².